The Morgan fingerprint density at radius 2 is 2.05 bits per heavy atom. The number of likely N-dealkylation sites (N-methyl/N-ethyl adjacent to an activating group) is 1. The molecule has 0 aliphatic rings. The minimum Gasteiger partial charge on any atom is -0.323 e. The van der Waals surface area contributed by atoms with Crippen molar-refractivity contribution in [3.05, 3.63) is 28.2 Å². The Morgan fingerprint density at radius 1 is 1.40 bits per heavy atom. The zero-order chi connectivity index (χ0) is 15.0. The van der Waals surface area contributed by atoms with Crippen LogP contribution in [0.15, 0.2) is 16.6 Å². The van der Waals surface area contributed by atoms with Gasteiger partial charge in [-0.1, -0.05) is 0 Å². The van der Waals surface area contributed by atoms with Crippen LogP contribution in [0.5, 0.6) is 0 Å². The van der Waals surface area contributed by atoms with E-state index >= 15 is 0 Å². The molecule has 0 saturated carbocycles. The lowest BCUT2D eigenvalue weighted by atomic mass is 10.2. The second kappa shape index (κ2) is 6.00. The maximum absolute atomic E-state index is 13.8. The van der Waals surface area contributed by atoms with Gasteiger partial charge in [-0.05, 0) is 49.9 Å². The van der Waals surface area contributed by atoms with E-state index in [4.69, 9.17) is 11.6 Å². The monoisotopic (exact) mass is 361 g/mol. The van der Waals surface area contributed by atoms with Crippen molar-refractivity contribution < 1.29 is 4.39 Å². The summed E-state index contributed by atoms with van der Waals surface area (Å²) >= 11 is 9.44. The summed E-state index contributed by atoms with van der Waals surface area (Å²) in [5.74, 6) is 0.484. The fourth-order valence-electron chi connectivity index (χ4n) is 2.46. The number of alkyl halides is 1. The van der Waals surface area contributed by atoms with Crippen molar-refractivity contribution in [3.8, 4) is 0 Å². The van der Waals surface area contributed by atoms with Crippen molar-refractivity contribution in [1.82, 2.24) is 14.5 Å². The SMILES string of the molecule is CC(Cl)c1nc2cc(Br)c(F)cc2n1C(C)CN(C)C. The molecule has 1 heterocycles. The first-order valence-electron chi connectivity index (χ1n) is 6.47. The van der Waals surface area contributed by atoms with Gasteiger partial charge in [0.25, 0.3) is 0 Å². The lowest BCUT2D eigenvalue weighted by molar-refractivity contribution is 0.336. The molecule has 2 rings (SSSR count). The molecular weight excluding hydrogens is 345 g/mol. The van der Waals surface area contributed by atoms with E-state index in [0.717, 1.165) is 23.4 Å². The van der Waals surface area contributed by atoms with Crippen LogP contribution in [-0.4, -0.2) is 35.1 Å². The van der Waals surface area contributed by atoms with E-state index in [1.807, 2.05) is 25.6 Å². The number of nitrogens with zero attached hydrogens (tertiary/aromatic N) is 3. The molecule has 2 unspecified atom stereocenters. The highest BCUT2D eigenvalue weighted by molar-refractivity contribution is 9.10. The molecule has 1 aromatic heterocycles. The molecule has 1 aromatic carbocycles. The van der Waals surface area contributed by atoms with Crippen molar-refractivity contribution in [2.24, 2.45) is 0 Å². The summed E-state index contributed by atoms with van der Waals surface area (Å²) in [6.45, 7) is 4.80. The zero-order valence-electron chi connectivity index (χ0n) is 12.0. The minimum absolute atomic E-state index is 0.159. The highest BCUT2D eigenvalue weighted by atomic mass is 79.9. The van der Waals surface area contributed by atoms with Crippen LogP contribution in [0.2, 0.25) is 0 Å². The van der Waals surface area contributed by atoms with E-state index in [9.17, 15) is 4.39 Å². The lowest BCUT2D eigenvalue weighted by Crippen LogP contribution is -2.23. The molecule has 110 valence electrons. The summed E-state index contributed by atoms with van der Waals surface area (Å²) in [6.07, 6.45) is 0. The van der Waals surface area contributed by atoms with Gasteiger partial charge in [0.1, 0.15) is 11.6 Å². The fraction of sp³-hybridized carbons (Fsp3) is 0.500. The van der Waals surface area contributed by atoms with Gasteiger partial charge in [0.05, 0.1) is 20.9 Å². The van der Waals surface area contributed by atoms with Crippen molar-refractivity contribution in [3.63, 3.8) is 0 Å². The Bertz CT molecular complexity index is 624. The number of fused-ring (bicyclic) bond motifs is 1. The molecule has 0 radical (unpaired) electrons. The smallest absolute Gasteiger partial charge is 0.139 e. The molecule has 20 heavy (non-hydrogen) atoms. The molecule has 0 aliphatic carbocycles. The Hall–Kier alpha value is -0.650. The molecule has 0 N–H and O–H groups in total. The average Bonchev–Trinajstić information content (AvgIpc) is 2.67. The van der Waals surface area contributed by atoms with Crippen molar-refractivity contribution in [2.75, 3.05) is 20.6 Å². The summed E-state index contributed by atoms with van der Waals surface area (Å²) in [5, 5.41) is -0.228. The lowest BCUT2D eigenvalue weighted by Gasteiger charge is -2.22. The van der Waals surface area contributed by atoms with Gasteiger partial charge < -0.3 is 9.47 Å². The van der Waals surface area contributed by atoms with Crippen molar-refractivity contribution in [2.45, 2.75) is 25.3 Å². The van der Waals surface area contributed by atoms with E-state index in [2.05, 4.69) is 32.7 Å². The van der Waals surface area contributed by atoms with Crippen molar-refractivity contribution in [1.29, 1.82) is 0 Å². The molecular formula is C14H18BrClFN3. The number of imidazole rings is 1. The number of benzene rings is 1. The molecule has 0 saturated heterocycles. The Balaban J connectivity index is 2.64. The average molecular weight is 363 g/mol. The molecule has 0 bridgehead atoms. The van der Waals surface area contributed by atoms with Crippen LogP contribution in [0, 0.1) is 5.82 Å². The number of hydrogen-bond donors (Lipinski definition) is 0. The topological polar surface area (TPSA) is 21.1 Å². The third-order valence-corrected chi connectivity index (χ3v) is 3.99. The molecule has 2 atom stereocenters. The minimum atomic E-state index is -0.288. The highest BCUT2D eigenvalue weighted by Gasteiger charge is 2.20. The second-order valence-electron chi connectivity index (χ2n) is 5.32. The summed E-state index contributed by atoms with van der Waals surface area (Å²) in [5.41, 5.74) is 1.54. The number of rotatable bonds is 4. The fourth-order valence-corrected chi connectivity index (χ4v) is 2.95. The standard InChI is InChI=1S/C14H18BrClFN3/c1-8(7-19(3)4)20-13-6-11(17)10(15)5-12(13)18-14(20)9(2)16/h5-6,8-9H,7H2,1-4H3. The van der Waals surface area contributed by atoms with E-state index < -0.39 is 0 Å². The van der Waals surface area contributed by atoms with Gasteiger partial charge in [-0.25, -0.2) is 9.37 Å². The third kappa shape index (κ3) is 3.00. The maximum Gasteiger partial charge on any atom is 0.139 e. The Labute approximate surface area is 131 Å². The number of aromatic nitrogens is 2. The summed E-state index contributed by atoms with van der Waals surface area (Å²) in [7, 11) is 4.02. The highest BCUT2D eigenvalue weighted by Crippen LogP contribution is 2.31. The maximum atomic E-state index is 13.8. The number of halogens is 3. The molecule has 0 spiro atoms. The van der Waals surface area contributed by atoms with Crippen LogP contribution in [-0.2, 0) is 0 Å². The molecule has 6 heteroatoms. The van der Waals surface area contributed by atoms with Gasteiger partial charge in [0.2, 0.25) is 0 Å². The first-order chi connectivity index (χ1) is 9.31. The summed E-state index contributed by atoms with van der Waals surface area (Å²) < 4.78 is 16.3. The zero-order valence-corrected chi connectivity index (χ0v) is 14.3. The van der Waals surface area contributed by atoms with Crippen molar-refractivity contribution >= 4 is 38.6 Å². The van der Waals surface area contributed by atoms with Crippen LogP contribution in [0.1, 0.15) is 31.1 Å². The van der Waals surface area contributed by atoms with Crippen LogP contribution in [0.4, 0.5) is 4.39 Å². The Morgan fingerprint density at radius 3 is 2.60 bits per heavy atom. The van der Waals surface area contributed by atoms with E-state index in [1.54, 1.807) is 6.07 Å². The number of hydrogen-bond acceptors (Lipinski definition) is 2. The molecule has 3 nitrogen and oxygen atoms in total. The summed E-state index contributed by atoms with van der Waals surface area (Å²) in [4.78, 5) is 6.65. The van der Waals surface area contributed by atoms with E-state index in [1.165, 1.54) is 6.07 Å². The van der Waals surface area contributed by atoms with Crippen LogP contribution in [0.25, 0.3) is 11.0 Å². The van der Waals surface area contributed by atoms with Gasteiger partial charge in [0.15, 0.2) is 0 Å². The predicted octanol–water partition coefficient (Wildman–Crippen LogP) is 4.36. The van der Waals surface area contributed by atoms with Gasteiger partial charge in [-0.15, -0.1) is 11.6 Å². The van der Waals surface area contributed by atoms with E-state index in [-0.39, 0.29) is 17.2 Å². The van der Waals surface area contributed by atoms with Crippen LogP contribution < -0.4 is 0 Å². The summed E-state index contributed by atoms with van der Waals surface area (Å²) in [6, 6.07) is 3.37. The molecule has 0 fully saturated rings. The molecule has 0 amide bonds. The largest absolute Gasteiger partial charge is 0.323 e. The Kier molecular flexibility index (Phi) is 4.72. The van der Waals surface area contributed by atoms with Gasteiger partial charge >= 0.3 is 0 Å². The van der Waals surface area contributed by atoms with Gasteiger partial charge in [-0.3, -0.25) is 0 Å². The predicted molar refractivity (Wildman–Crippen MR) is 84.9 cm³/mol. The molecule has 2 aromatic rings. The quantitative estimate of drug-likeness (QED) is 0.754. The van der Waals surface area contributed by atoms with Gasteiger partial charge in [-0.2, -0.15) is 0 Å². The normalized spacial score (nSPS) is 15.0. The van der Waals surface area contributed by atoms with E-state index in [0.29, 0.717) is 4.47 Å². The van der Waals surface area contributed by atoms with Crippen LogP contribution in [0.3, 0.4) is 0 Å². The van der Waals surface area contributed by atoms with Gasteiger partial charge in [0, 0.05) is 18.7 Å². The third-order valence-electron chi connectivity index (χ3n) is 3.18. The first-order valence-corrected chi connectivity index (χ1v) is 7.70. The van der Waals surface area contributed by atoms with Crippen LogP contribution >= 0.6 is 27.5 Å². The first kappa shape index (κ1) is 15.7. The molecule has 0 aliphatic heterocycles. The second-order valence-corrected chi connectivity index (χ2v) is 6.83.